The largest absolute Gasteiger partial charge is 0.497 e. The molecule has 0 aliphatic heterocycles. The van der Waals surface area contributed by atoms with Gasteiger partial charge in [-0.1, -0.05) is 18.2 Å². The molecule has 1 N–H and O–H groups in total. The van der Waals surface area contributed by atoms with Crippen LogP contribution in [0, 0.1) is 10.1 Å². The maximum absolute atomic E-state index is 13.5. The van der Waals surface area contributed by atoms with E-state index in [4.69, 9.17) is 4.74 Å². The molecule has 2 aromatic rings. The summed E-state index contributed by atoms with van der Waals surface area (Å²) in [6, 6.07) is 10.8. The quantitative estimate of drug-likeness (QED) is 0.364. The van der Waals surface area contributed by atoms with Crippen LogP contribution in [0.15, 0.2) is 48.5 Å². The molecule has 2 amide bonds. The number of carbonyl (C=O) groups is 2. The van der Waals surface area contributed by atoms with E-state index in [0.717, 1.165) is 16.6 Å². The lowest BCUT2D eigenvalue weighted by molar-refractivity contribution is -0.384. The number of benzene rings is 2. The van der Waals surface area contributed by atoms with E-state index in [1.165, 1.54) is 30.2 Å². The molecule has 12 heteroatoms. The van der Waals surface area contributed by atoms with Crippen molar-refractivity contribution >= 4 is 33.2 Å². The molecule has 0 unspecified atom stereocenters. The third-order valence-corrected chi connectivity index (χ3v) is 6.23. The molecule has 2 rings (SSSR count). The summed E-state index contributed by atoms with van der Waals surface area (Å²) in [6.07, 6.45) is 0.903. The van der Waals surface area contributed by atoms with E-state index >= 15 is 0 Å². The number of sulfonamides is 1. The van der Waals surface area contributed by atoms with E-state index in [0.29, 0.717) is 11.3 Å². The normalized spacial score (nSPS) is 12.1. The van der Waals surface area contributed by atoms with Gasteiger partial charge in [0.25, 0.3) is 5.69 Å². The van der Waals surface area contributed by atoms with E-state index in [1.807, 2.05) is 0 Å². The van der Waals surface area contributed by atoms with E-state index < -0.39 is 39.3 Å². The highest BCUT2D eigenvalue weighted by atomic mass is 32.2. The van der Waals surface area contributed by atoms with Gasteiger partial charge in [0.1, 0.15) is 18.3 Å². The second-order valence-corrected chi connectivity index (χ2v) is 10.2. The van der Waals surface area contributed by atoms with Gasteiger partial charge in [0.15, 0.2) is 0 Å². The van der Waals surface area contributed by atoms with Crippen LogP contribution in [-0.4, -0.2) is 62.0 Å². The van der Waals surface area contributed by atoms with Crippen LogP contribution < -0.4 is 14.4 Å². The van der Waals surface area contributed by atoms with Crippen LogP contribution in [-0.2, 0) is 26.2 Å². The molecule has 11 nitrogen and oxygen atoms in total. The molecule has 0 saturated carbocycles. The smallest absolute Gasteiger partial charge is 0.271 e. The number of carbonyl (C=O) groups excluding carboxylic acids is 2. The minimum atomic E-state index is -3.99. The van der Waals surface area contributed by atoms with Gasteiger partial charge in [-0.2, -0.15) is 0 Å². The van der Waals surface area contributed by atoms with Gasteiger partial charge in [0.2, 0.25) is 21.8 Å². The number of non-ortho nitro benzene ring substituents is 1. The predicted octanol–water partition coefficient (Wildman–Crippen LogP) is 2.31. The maximum atomic E-state index is 13.5. The molecule has 0 saturated heterocycles. The van der Waals surface area contributed by atoms with Gasteiger partial charge >= 0.3 is 0 Å². The minimum absolute atomic E-state index is 0.00918. The summed E-state index contributed by atoms with van der Waals surface area (Å²) in [5.74, 6) is -0.503. The summed E-state index contributed by atoms with van der Waals surface area (Å²) < 4.78 is 31.1. The molecule has 0 heterocycles. The third-order valence-electron chi connectivity index (χ3n) is 5.09. The number of amides is 2. The lowest BCUT2D eigenvalue weighted by Gasteiger charge is -2.31. The van der Waals surface area contributed by atoms with Crippen molar-refractivity contribution in [1.29, 1.82) is 0 Å². The molecule has 0 spiro atoms. The first kappa shape index (κ1) is 27.6. The molecule has 0 bridgehead atoms. The number of hydrogen-bond donors (Lipinski definition) is 1. The van der Waals surface area contributed by atoms with Crippen LogP contribution in [0.25, 0.3) is 0 Å². The van der Waals surface area contributed by atoms with Gasteiger partial charge in [0.05, 0.1) is 24.0 Å². The van der Waals surface area contributed by atoms with Crippen molar-refractivity contribution in [3.63, 3.8) is 0 Å². The Morgan fingerprint density at radius 3 is 2.34 bits per heavy atom. The zero-order valence-corrected chi connectivity index (χ0v) is 21.1. The van der Waals surface area contributed by atoms with Crippen LogP contribution in [0.2, 0.25) is 0 Å². The van der Waals surface area contributed by atoms with Crippen molar-refractivity contribution < 1.29 is 27.7 Å². The highest BCUT2D eigenvalue weighted by Crippen LogP contribution is 2.24. The lowest BCUT2D eigenvalue weighted by atomic mass is 10.1. The van der Waals surface area contributed by atoms with Crippen LogP contribution in [0.4, 0.5) is 11.4 Å². The van der Waals surface area contributed by atoms with Gasteiger partial charge in [-0.15, -0.1) is 0 Å². The van der Waals surface area contributed by atoms with E-state index in [1.54, 1.807) is 45.0 Å². The first-order valence-electron chi connectivity index (χ1n) is 10.8. The van der Waals surface area contributed by atoms with E-state index in [2.05, 4.69) is 5.32 Å². The summed E-state index contributed by atoms with van der Waals surface area (Å²) in [5.41, 5.74) is 0.320. The summed E-state index contributed by atoms with van der Waals surface area (Å²) >= 11 is 0. The summed E-state index contributed by atoms with van der Waals surface area (Å²) in [6.45, 7) is 4.48. The third kappa shape index (κ3) is 7.67. The van der Waals surface area contributed by atoms with E-state index in [9.17, 15) is 28.1 Å². The zero-order chi connectivity index (χ0) is 26.3. The monoisotopic (exact) mass is 506 g/mol. The fourth-order valence-electron chi connectivity index (χ4n) is 3.33. The molecular weight excluding hydrogens is 476 g/mol. The topological polar surface area (TPSA) is 139 Å². The number of anilines is 1. The Morgan fingerprint density at radius 2 is 1.77 bits per heavy atom. The average molecular weight is 507 g/mol. The predicted molar refractivity (Wildman–Crippen MR) is 132 cm³/mol. The lowest BCUT2D eigenvalue weighted by Crippen LogP contribution is -2.52. The highest BCUT2D eigenvalue weighted by molar-refractivity contribution is 7.92. The fourth-order valence-corrected chi connectivity index (χ4v) is 4.17. The molecule has 1 atom stereocenters. The second kappa shape index (κ2) is 11.6. The number of rotatable bonds is 11. The molecule has 35 heavy (non-hydrogen) atoms. The van der Waals surface area contributed by atoms with Gasteiger partial charge in [-0.05, 0) is 44.5 Å². The summed E-state index contributed by atoms with van der Waals surface area (Å²) in [5, 5.41) is 13.9. The van der Waals surface area contributed by atoms with E-state index in [-0.39, 0.29) is 24.0 Å². The van der Waals surface area contributed by atoms with Crippen molar-refractivity contribution in [2.24, 2.45) is 0 Å². The number of methoxy groups -OCH3 is 1. The number of nitrogens with zero attached hydrogens (tertiary/aromatic N) is 3. The van der Waals surface area contributed by atoms with Gasteiger partial charge in [-0.25, -0.2) is 8.42 Å². The van der Waals surface area contributed by atoms with Crippen molar-refractivity contribution in [2.45, 2.75) is 39.4 Å². The van der Waals surface area contributed by atoms with Crippen LogP contribution in [0.1, 0.15) is 26.3 Å². The van der Waals surface area contributed by atoms with Crippen molar-refractivity contribution in [1.82, 2.24) is 10.2 Å². The van der Waals surface area contributed by atoms with Gasteiger partial charge in [-0.3, -0.25) is 24.0 Å². The average Bonchev–Trinajstić information content (AvgIpc) is 2.79. The number of nitro groups is 1. The Bertz CT molecular complexity index is 1180. The first-order valence-corrected chi connectivity index (χ1v) is 12.6. The molecule has 0 fully saturated rings. The molecule has 190 valence electrons. The highest BCUT2D eigenvalue weighted by Gasteiger charge is 2.30. The Kier molecular flexibility index (Phi) is 9.18. The number of nitrogens with one attached hydrogen (secondary N) is 1. The minimum Gasteiger partial charge on any atom is -0.497 e. The Morgan fingerprint density at radius 1 is 1.11 bits per heavy atom. The summed E-state index contributed by atoms with van der Waals surface area (Å²) in [4.78, 5) is 38.0. The molecule has 0 radical (unpaired) electrons. The Balaban J connectivity index is 2.44. The Labute approximate surface area is 204 Å². The Hall–Kier alpha value is -3.67. The van der Waals surface area contributed by atoms with Crippen molar-refractivity contribution in [2.75, 3.05) is 24.2 Å². The summed E-state index contributed by atoms with van der Waals surface area (Å²) in [7, 11) is -2.49. The van der Waals surface area contributed by atoms with Crippen LogP contribution in [0.5, 0.6) is 5.75 Å². The second-order valence-electron chi connectivity index (χ2n) is 8.26. The van der Waals surface area contributed by atoms with Gasteiger partial charge < -0.3 is 15.0 Å². The maximum Gasteiger partial charge on any atom is 0.271 e. The van der Waals surface area contributed by atoms with Crippen molar-refractivity contribution in [3.05, 3.63) is 64.2 Å². The molecule has 0 aliphatic rings. The van der Waals surface area contributed by atoms with Crippen LogP contribution in [0.3, 0.4) is 0 Å². The number of nitro benzene ring substituents is 1. The van der Waals surface area contributed by atoms with Gasteiger partial charge in [0, 0.05) is 24.7 Å². The standard InChI is InChI=1S/C23H30N4O7S/c1-16(2)24-23(29)17(3)25(14-18-8-6-11-21(12-18)34-4)22(28)15-26(35(5,32)33)19-9-7-10-20(13-19)27(30)31/h6-13,16-17H,14-15H2,1-5H3,(H,24,29)/t17-/m0/s1. The fraction of sp³-hybridized carbons (Fsp3) is 0.391. The molecule has 0 aromatic heterocycles. The van der Waals surface area contributed by atoms with Crippen molar-refractivity contribution in [3.8, 4) is 5.75 Å². The SMILES string of the molecule is COc1cccc(CN(C(=O)CN(c2cccc([N+](=O)[O-])c2)S(C)(=O)=O)[C@@H](C)C(=O)NC(C)C)c1. The number of ether oxygens (including phenoxy) is 1. The zero-order valence-electron chi connectivity index (χ0n) is 20.3. The molecular formula is C23H30N4O7S. The first-order chi connectivity index (χ1) is 16.3. The number of hydrogen-bond acceptors (Lipinski definition) is 7. The van der Waals surface area contributed by atoms with Crippen LogP contribution >= 0.6 is 0 Å². The molecule has 0 aliphatic carbocycles. The molecule has 2 aromatic carbocycles.